The Bertz CT molecular complexity index is 392. The Labute approximate surface area is 115 Å². The van der Waals surface area contributed by atoms with Crippen LogP contribution in [0.1, 0.15) is 57.8 Å². The molecule has 3 atom stereocenters. The van der Waals surface area contributed by atoms with Gasteiger partial charge in [0.25, 0.3) is 0 Å². The quantitative estimate of drug-likeness (QED) is 0.844. The molecule has 3 fully saturated rings. The highest BCUT2D eigenvalue weighted by Gasteiger charge is 2.42. The van der Waals surface area contributed by atoms with Gasteiger partial charge in [0.2, 0.25) is 5.91 Å². The zero-order chi connectivity index (χ0) is 13.3. The molecule has 0 radical (unpaired) electrons. The van der Waals surface area contributed by atoms with E-state index < -0.39 is 5.41 Å². The minimum Gasteiger partial charge on any atom is -0.355 e. The maximum atomic E-state index is 12.2. The van der Waals surface area contributed by atoms with Gasteiger partial charge in [-0.05, 0) is 56.3 Å². The molecule has 3 heteroatoms. The van der Waals surface area contributed by atoms with Crippen LogP contribution in [0.3, 0.4) is 0 Å². The molecule has 3 nitrogen and oxygen atoms in total. The summed E-state index contributed by atoms with van der Waals surface area (Å²) in [5, 5.41) is 12.3. The molecule has 1 N–H and O–H groups in total. The van der Waals surface area contributed by atoms with Crippen LogP contribution in [0.25, 0.3) is 0 Å². The maximum absolute atomic E-state index is 12.2. The van der Waals surface area contributed by atoms with Crippen molar-refractivity contribution in [3.63, 3.8) is 0 Å². The molecule has 3 aliphatic carbocycles. The summed E-state index contributed by atoms with van der Waals surface area (Å²) in [6.45, 7) is 0.774. The number of nitriles is 1. The lowest BCUT2D eigenvalue weighted by Crippen LogP contribution is -2.39. The molecule has 2 bridgehead atoms. The van der Waals surface area contributed by atoms with Gasteiger partial charge in [0.05, 0.1) is 6.07 Å². The minimum atomic E-state index is -0.700. The smallest absolute Gasteiger partial charge is 0.240 e. The van der Waals surface area contributed by atoms with E-state index in [0.717, 1.165) is 56.4 Å². The van der Waals surface area contributed by atoms with Crippen LogP contribution in [-0.4, -0.2) is 12.5 Å². The van der Waals surface area contributed by atoms with Gasteiger partial charge in [0, 0.05) is 6.54 Å². The molecule has 1 amide bonds. The Morgan fingerprint density at radius 3 is 2.63 bits per heavy atom. The largest absolute Gasteiger partial charge is 0.355 e. The first-order valence-electron chi connectivity index (χ1n) is 7.93. The fraction of sp³-hybridized carbons (Fsp3) is 0.875. The number of fused-ring (bicyclic) bond motifs is 2. The van der Waals surface area contributed by atoms with Crippen molar-refractivity contribution in [2.24, 2.45) is 23.2 Å². The van der Waals surface area contributed by atoms with Gasteiger partial charge < -0.3 is 5.32 Å². The number of rotatable bonds is 4. The van der Waals surface area contributed by atoms with Gasteiger partial charge in [-0.3, -0.25) is 4.79 Å². The van der Waals surface area contributed by atoms with Crippen molar-refractivity contribution >= 4 is 5.91 Å². The number of nitrogens with one attached hydrogen (secondary N) is 1. The lowest BCUT2D eigenvalue weighted by molar-refractivity contribution is -0.128. The van der Waals surface area contributed by atoms with Crippen LogP contribution in [0.4, 0.5) is 0 Å². The summed E-state index contributed by atoms with van der Waals surface area (Å²) < 4.78 is 0. The van der Waals surface area contributed by atoms with E-state index in [4.69, 9.17) is 0 Å². The van der Waals surface area contributed by atoms with Gasteiger partial charge in [0.15, 0.2) is 0 Å². The van der Waals surface area contributed by atoms with Crippen molar-refractivity contribution in [1.82, 2.24) is 5.32 Å². The molecule has 0 aromatic rings. The minimum absolute atomic E-state index is 0.00402. The van der Waals surface area contributed by atoms with Crippen LogP contribution in [0.15, 0.2) is 0 Å². The van der Waals surface area contributed by atoms with Crippen LogP contribution in [0, 0.1) is 34.5 Å². The SMILES string of the molecule is N#CC1(C(=O)NCCC2CC3CCC2C3)CCCC1. The fourth-order valence-corrected chi connectivity index (χ4v) is 4.64. The van der Waals surface area contributed by atoms with E-state index in [-0.39, 0.29) is 5.91 Å². The van der Waals surface area contributed by atoms with E-state index in [1.165, 1.54) is 25.7 Å². The molecule has 0 saturated heterocycles. The summed E-state index contributed by atoms with van der Waals surface area (Å²) in [7, 11) is 0. The van der Waals surface area contributed by atoms with Gasteiger partial charge in [-0.15, -0.1) is 0 Å². The molecule has 0 aromatic carbocycles. The van der Waals surface area contributed by atoms with Crippen molar-refractivity contribution in [2.75, 3.05) is 6.54 Å². The zero-order valence-corrected chi connectivity index (χ0v) is 11.7. The predicted octanol–water partition coefficient (Wildman–Crippen LogP) is 3.01. The van der Waals surface area contributed by atoms with Crippen molar-refractivity contribution in [3.8, 4) is 6.07 Å². The molecule has 3 aliphatic rings. The van der Waals surface area contributed by atoms with Crippen LogP contribution in [0.5, 0.6) is 0 Å². The predicted molar refractivity (Wildman–Crippen MR) is 73.1 cm³/mol. The maximum Gasteiger partial charge on any atom is 0.240 e. The normalized spacial score (nSPS) is 35.2. The Hall–Kier alpha value is -1.04. The van der Waals surface area contributed by atoms with Gasteiger partial charge in [0.1, 0.15) is 5.41 Å². The van der Waals surface area contributed by atoms with Crippen LogP contribution in [-0.2, 0) is 4.79 Å². The molecular weight excluding hydrogens is 236 g/mol. The molecular formula is C16H24N2O. The second kappa shape index (κ2) is 5.15. The van der Waals surface area contributed by atoms with Crippen LogP contribution >= 0.6 is 0 Å². The summed E-state index contributed by atoms with van der Waals surface area (Å²) in [5.74, 6) is 2.74. The molecule has 0 aliphatic heterocycles. The average Bonchev–Trinajstić information content (AvgIpc) is 3.15. The highest BCUT2D eigenvalue weighted by Crippen LogP contribution is 2.49. The summed E-state index contributed by atoms with van der Waals surface area (Å²) in [4.78, 5) is 12.2. The highest BCUT2D eigenvalue weighted by atomic mass is 16.2. The van der Waals surface area contributed by atoms with Crippen molar-refractivity contribution in [1.29, 1.82) is 5.26 Å². The topological polar surface area (TPSA) is 52.9 Å². The zero-order valence-electron chi connectivity index (χ0n) is 11.7. The highest BCUT2D eigenvalue weighted by molar-refractivity contribution is 5.85. The summed E-state index contributed by atoms with van der Waals surface area (Å²) in [6, 6.07) is 2.27. The second-order valence-corrected chi connectivity index (χ2v) is 6.88. The van der Waals surface area contributed by atoms with E-state index >= 15 is 0 Å². The van der Waals surface area contributed by atoms with Gasteiger partial charge in [-0.2, -0.15) is 5.26 Å². The molecule has 19 heavy (non-hydrogen) atoms. The number of hydrogen-bond donors (Lipinski definition) is 1. The third-order valence-electron chi connectivity index (χ3n) is 5.79. The van der Waals surface area contributed by atoms with Crippen LogP contribution < -0.4 is 5.32 Å². The number of carbonyl (C=O) groups excluding carboxylic acids is 1. The van der Waals surface area contributed by atoms with Crippen molar-refractivity contribution in [2.45, 2.75) is 57.8 Å². The molecule has 0 spiro atoms. The van der Waals surface area contributed by atoms with Gasteiger partial charge in [-0.1, -0.05) is 19.3 Å². The molecule has 3 saturated carbocycles. The number of carbonyl (C=O) groups is 1. The Balaban J connectivity index is 1.45. The third-order valence-corrected chi connectivity index (χ3v) is 5.79. The Morgan fingerprint density at radius 1 is 1.26 bits per heavy atom. The van der Waals surface area contributed by atoms with E-state index in [1.807, 2.05) is 0 Å². The number of nitrogens with zero attached hydrogens (tertiary/aromatic N) is 1. The van der Waals surface area contributed by atoms with E-state index in [9.17, 15) is 10.1 Å². The molecule has 0 aromatic heterocycles. The van der Waals surface area contributed by atoms with Gasteiger partial charge >= 0.3 is 0 Å². The lowest BCUT2D eigenvalue weighted by atomic mass is 9.85. The van der Waals surface area contributed by atoms with E-state index in [0.29, 0.717) is 0 Å². The third kappa shape index (κ3) is 2.38. The van der Waals surface area contributed by atoms with E-state index in [1.54, 1.807) is 0 Å². The average molecular weight is 260 g/mol. The summed E-state index contributed by atoms with van der Waals surface area (Å²) in [5.41, 5.74) is -0.700. The fourth-order valence-electron chi connectivity index (χ4n) is 4.64. The second-order valence-electron chi connectivity index (χ2n) is 6.88. The van der Waals surface area contributed by atoms with Crippen LogP contribution in [0.2, 0.25) is 0 Å². The van der Waals surface area contributed by atoms with Crippen molar-refractivity contribution in [3.05, 3.63) is 0 Å². The Kier molecular flexibility index (Phi) is 3.52. The molecule has 0 heterocycles. The molecule has 3 rings (SSSR count). The standard InChI is InChI=1S/C16H24N2O/c17-11-16(6-1-2-7-16)15(19)18-8-5-14-10-12-3-4-13(14)9-12/h12-14H,1-10H2,(H,18,19). The summed E-state index contributed by atoms with van der Waals surface area (Å²) >= 11 is 0. The molecule has 104 valence electrons. The first-order valence-corrected chi connectivity index (χ1v) is 7.93. The monoisotopic (exact) mass is 260 g/mol. The lowest BCUT2D eigenvalue weighted by Gasteiger charge is -2.23. The first kappa shape index (κ1) is 13.0. The molecule has 3 unspecified atom stereocenters. The summed E-state index contributed by atoms with van der Waals surface area (Å²) in [6.07, 6.45) is 10.3. The van der Waals surface area contributed by atoms with Gasteiger partial charge in [-0.25, -0.2) is 0 Å². The number of amides is 1. The van der Waals surface area contributed by atoms with E-state index in [2.05, 4.69) is 11.4 Å². The Morgan fingerprint density at radius 2 is 2.05 bits per heavy atom. The number of hydrogen-bond acceptors (Lipinski definition) is 2. The first-order chi connectivity index (χ1) is 9.23. The van der Waals surface area contributed by atoms with Crippen molar-refractivity contribution < 1.29 is 4.79 Å².